The summed E-state index contributed by atoms with van der Waals surface area (Å²) in [6.45, 7) is 9.10. The quantitative estimate of drug-likeness (QED) is 0.843. The van der Waals surface area contributed by atoms with E-state index >= 15 is 0 Å². The van der Waals surface area contributed by atoms with Crippen LogP contribution in [0.1, 0.15) is 32.0 Å². The Hall–Kier alpha value is -1.60. The lowest BCUT2D eigenvalue weighted by Gasteiger charge is -2.20. The van der Waals surface area contributed by atoms with E-state index in [0.717, 1.165) is 22.8 Å². The molecule has 0 fully saturated rings. The van der Waals surface area contributed by atoms with E-state index in [-0.39, 0.29) is 11.1 Å². The maximum absolute atomic E-state index is 11.4. The van der Waals surface area contributed by atoms with Crippen LogP contribution in [-0.2, 0) is 13.6 Å². The van der Waals surface area contributed by atoms with Gasteiger partial charge in [0.15, 0.2) is 5.16 Å². The molecule has 2 heterocycles. The van der Waals surface area contributed by atoms with Crippen LogP contribution >= 0.6 is 11.8 Å². The van der Waals surface area contributed by atoms with Crippen molar-refractivity contribution in [3.63, 3.8) is 0 Å². The van der Waals surface area contributed by atoms with Crippen molar-refractivity contribution in [2.45, 2.75) is 50.0 Å². The van der Waals surface area contributed by atoms with Gasteiger partial charge in [-0.25, -0.2) is 4.98 Å². The van der Waals surface area contributed by atoms with Gasteiger partial charge >= 0.3 is 0 Å². The Labute approximate surface area is 128 Å². The van der Waals surface area contributed by atoms with Gasteiger partial charge in [0.05, 0.1) is 5.69 Å². The van der Waals surface area contributed by atoms with Crippen LogP contribution in [0.4, 0.5) is 0 Å². The molecule has 6 nitrogen and oxygen atoms in total. The van der Waals surface area contributed by atoms with Crippen molar-refractivity contribution in [3.05, 3.63) is 33.9 Å². The molecule has 0 saturated carbocycles. The number of H-pyrrole nitrogens is 1. The zero-order valence-electron chi connectivity index (χ0n) is 13.0. The fourth-order valence-corrected chi connectivity index (χ4v) is 2.83. The van der Waals surface area contributed by atoms with Crippen molar-refractivity contribution in [2.24, 2.45) is 7.05 Å². The number of aryl methyl sites for hydroxylation is 2. The first-order valence-corrected chi connectivity index (χ1v) is 7.58. The van der Waals surface area contributed by atoms with Gasteiger partial charge in [-0.3, -0.25) is 9.48 Å². The molecule has 0 radical (unpaired) electrons. The number of nitrogens with one attached hydrogen (secondary N) is 2. The maximum Gasteiger partial charge on any atom is 0.251 e. The molecule has 0 amide bonds. The number of hydrogen-bond acceptors (Lipinski definition) is 5. The zero-order chi connectivity index (χ0) is 15.6. The standard InChI is InChI=1S/C14H21N5OS/c1-9-10(8-16-14(2,3)4)12(19(5)18-9)21-13-15-7-6-11(20)17-13/h6-7,16H,8H2,1-5H3,(H,15,17,20). The van der Waals surface area contributed by atoms with Crippen molar-refractivity contribution < 1.29 is 0 Å². The largest absolute Gasteiger partial charge is 0.308 e. The van der Waals surface area contributed by atoms with E-state index in [1.54, 1.807) is 0 Å². The average molecular weight is 307 g/mol. The minimum atomic E-state index is -0.152. The highest BCUT2D eigenvalue weighted by atomic mass is 32.2. The van der Waals surface area contributed by atoms with Gasteiger partial charge in [-0.05, 0) is 39.5 Å². The monoisotopic (exact) mass is 307 g/mol. The summed E-state index contributed by atoms with van der Waals surface area (Å²) in [5, 5.41) is 9.49. The minimum absolute atomic E-state index is 0.0313. The molecular weight excluding hydrogens is 286 g/mol. The predicted molar refractivity (Wildman–Crippen MR) is 83.5 cm³/mol. The highest BCUT2D eigenvalue weighted by Crippen LogP contribution is 2.29. The van der Waals surface area contributed by atoms with Gasteiger partial charge in [-0.15, -0.1) is 0 Å². The van der Waals surface area contributed by atoms with E-state index in [2.05, 4.69) is 41.2 Å². The lowest BCUT2D eigenvalue weighted by molar-refractivity contribution is 0.421. The SMILES string of the molecule is Cc1nn(C)c(Sc2nccc(=O)[nH]2)c1CNC(C)(C)C. The van der Waals surface area contributed by atoms with Gasteiger partial charge < -0.3 is 10.3 Å². The average Bonchev–Trinajstić information content (AvgIpc) is 2.61. The maximum atomic E-state index is 11.4. The Morgan fingerprint density at radius 3 is 2.76 bits per heavy atom. The summed E-state index contributed by atoms with van der Waals surface area (Å²) in [4.78, 5) is 18.3. The molecule has 21 heavy (non-hydrogen) atoms. The number of hydrogen-bond donors (Lipinski definition) is 2. The molecule has 0 aromatic carbocycles. The van der Waals surface area contributed by atoms with Crippen molar-refractivity contribution in [3.8, 4) is 0 Å². The molecule has 0 aliphatic rings. The first-order valence-electron chi connectivity index (χ1n) is 6.77. The van der Waals surface area contributed by atoms with Gasteiger partial charge in [0.1, 0.15) is 5.03 Å². The van der Waals surface area contributed by atoms with Crippen LogP contribution < -0.4 is 10.9 Å². The Bertz CT molecular complexity index is 683. The molecule has 0 bridgehead atoms. The van der Waals surface area contributed by atoms with Crippen LogP contribution in [0.3, 0.4) is 0 Å². The minimum Gasteiger partial charge on any atom is -0.308 e. The van der Waals surface area contributed by atoms with Crippen LogP contribution in [0.15, 0.2) is 27.2 Å². The summed E-state index contributed by atoms with van der Waals surface area (Å²) < 4.78 is 1.83. The van der Waals surface area contributed by atoms with E-state index in [9.17, 15) is 4.79 Å². The van der Waals surface area contributed by atoms with E-state index in [0.29, 0.717) is 5.16 Å². The molecule has 2 N–H and O–H groups in total. The second kappa shape index (κ2) is 6.03. The lowest BCUT2D eigenvalue weighted by atomic mass is 10.1. The van der Waals surface area contributed by atoms with Gasteiger partial charge in [-0.2, -0.15) is 5.10 Å². The number of nitrogens with zero attached hydrogens (tertiary/aromatic N) is 3. The van der Waals surface area contributed by atoms with Crippen molar-refractivity contribution in [1.82, 2.24) is 25.1 Å². The second-order valence-electron chi connectivity index (χ2n) is 5.94. The number of rotatable bonds is 4. The molecule has 114 valence electrons. The summed E-state index contributed by atoms with van der Waals surface area (Å²) in [5.41, 5.74) is 1.99. The Morgan fingerprint density at radius 2 is 2.14 bits per heavy atom. The molecule has 0 atom stereocenters. The highest BCUT2D eigenvalue weighted by Gasteiger charge is 2.18. The van der Waals surface area contributed by atoms with Crippen molar-refractivity contribution in [1.29, 1.82) is 0 Å². The van der Waals surface area contributed by atoms with Gasteiger partial charge in [0.2, 0.25) is 0 Å². The molecule has 0 aliphatic carbocycles. The second-order valence-corrected chi connectivity index (χ2v) is 6.92. The van der Waals surface area contributed by atoms with E-state index < -0.39 is 0 Å². The summed E-state index contributed by atoms with van der Waals surface area (Å²) in [6.07, 6.45) is 1.51. The Kier molecular flexibility index (Phi) is 4.53. The van der Waals surface area contributed by atoms with E-state index in [1.807, 2.05) is 18.7 Å². The lowest BCUT2D eigenvalue weighted by Crippen LogP contribution is -2.35. The van der Waals surface area contributed by atoms with E-state index in [1.165, 1.54) is 24.0 Å². The molecule has 7 heteroatoms. The van der Waals surface area contributed by atoms with E-state index in [4.69, 9.17) is 0 Å². The summed E-state index contributed by atoms with van der Waals surface area (Å²) in [7, 11) is 1.90. The third-order valence-corrected chi connectivity index (χ3v) is 4.03. The van der Waals surface area contributed by atoms with Crippen molar-refractivity contribution in [2.75, 3.05) is 0 Å². The van der Waals surface area contributed by atoms with Gasteiger partial charge in [0, 0.05) is 37.0 Å². The third-order valence-electron chi connectivity index (χ3n) is 2.93. The van der Waals surface area contributed by atoms with Crippen LogP contribution in [0.2, 0.25) is 0 Å². The molecule has 0 aliphatic heterocycles. The Balaban J connectivity index is 2.28. The van der Waals surface area contributed by atoms with Crippen LogP contribution in [0.25, 0.3) is 0 Å². The van der Waals surface area contributed by atoms with Crippen LogP contribution in [0, 0.1) is 6.92 Å². The molecule has 0 saturated heterocycles. The molecule has 2 rings (SSSR count). The summed E-state index contributed by atoms with van der Waals surface area (Å²) in [5.74, 6) is 0. The van der Waals surface area contributed by atoms with Gasteiger partial charge in [-0.1, -0.05) is 0 Å². The highest BCUT2D eigenvalue weighted by molar-refractivity contribution is 7.99. The molecule has 2 aromatic rings. The molecule has 0 unspecified atom stereocenters. The first-order chi connectivity index (χ1) is 9.76. The number of aromatic amines is 1. The fraction of sp³-hybridized carbons (Fsp3) is 0.500. The molecule has 2 aromatic heterocycles. The van der Waals surface area contributed by atoms with Gasteiger partial charge in [0.25, 0.3) is 5.56 Å². The zero-order valence-corrected chi connectivity index (χ0v) is 13.8. The summed E-state index contributed by atoms with van der Waals surface area (Å²) in [6, 6.07) is 1.40. The van der Waals surface area contributed by atoms with Crippen LogP contribution in [-0.4, -0.2) is 25.3 Å². The topological polar surface area (TPSA) is 75.6 Å². The third kappa shape index (κ3) is 4.18. The summed E-state index contributed by atoms with van der Waals surface area (Å²) >= 11 is 1.42. The molecule has 0 spiro atoms. The Morgan fingerprint density at radius 1 is 1.43 bits per heavy atom. The predicted octanol–water partition coefficient (Wildman–Crippen LogP) is 1.85. The normalized spacial score (nSPS) is 11.9. The van der Waals surface area contributed by atoms with Crippen molar-refractivity contribution >= 4 is 11.8 Å². The molecular formula is C14H21N5OS. The van der Waals surface area contributed by atoms with Crippen LogP contribution in [0.5, 0.6) is 0 Å². The number of aromatic nitrogens is 4. The fourth-order valence-electron chi connectivity index (χ4n) is 1.86. The first kappa shape index (κ1) is 15.8. The smallest absolute Gasteiger partial charge is 0.251 e.